The van der Waals surface area contributed by atoms with Gasteiger partial charge in [-0.05, 0) is 37.9 Å². The van der Waals surface area contributed by atoms with Gasteiger partial charge in [0.2, 0.25) is 5.88 Å². The average molecular weight is 390 g/mol. The van der Waals surface area contributed by atoms with E-state index in [-0.39, 0.29) is 6.03 Å². The summed E-state index contributed by atoms with van der Waals surface area (Å²) in [6.45, 7) is 1.93. The number of nitrogens with zero attached hydrogens (tertiary/aromatic N) is 3. The number of para-hydroxylation sites is 1. The van der Waals surface area contributed by atoms with Gasteiger partial charge in [-0.1, -0.05) is 48.5 Å². The maximum Gasteiger partial charge on any atom is 0.322 e. The molecule has 0 atom stereocenters. The fourth-order valence-electron chi connectivity index (χ4n) is 2.73. The van der Waals surface area contributed by atoms with Crippen molar-refractivity contribution in [3.8, 4) is 11.6 Å². The van der Waals surface area contributed by atoms with Crippen molar-refractivity contribution in [3.05, 3.63) is 84.6 Å². The number of aromatic nitrogens is 1. The van der Waals surface area contributed by atoms with Crippen molar-refractivity contribution in [3.63, 3.8) is 0 Å². The molecule has 0 aliphatic heterocycles. The van der Waals surface area contributed by atoms with Crippen LogP contribution in [-0.4, -0.2) is 48.0 Å². The Kier molecular flexibility index (Phi) is 7.19. The average Bonchev–Trinajstić information content (AvgIpc) is 2.72. The van der Waals surface area contributed by atoms with Crippen molar-refractivity contribution in [2.24, 2.45) is 0 Å². The molecule has 1 heterocycles. The number of anilines is 1. The summed E-state index contributed by atoms with van der Waals surface area (Å²) in [5.74, 6) is 1.12. The Morgan fingerprint density at radius 3 is 2.34 bits per heavy atom. The Hall–Kier alpha value is -3.38. The van der Waals surface area contributed by atoms with E-state index in [4.69, 9.17) is 4.74 Å². The van der Waals surface area contributed by atoms with E-state index < -0.39 is 0 Å². The fraction of sp³-hybridized carbons (Fsp3) is 0.217. The quantitative estimate of drug-likeness (QED) is 0.617. The second-order valence-corrected chi connectivity index (χ2v) is 6.94. The van der Waals surface area contributed by atoms with Crippen LogP contribution in [-0.2, 0) is 6.54 Å². The largest absolute Gasteiger partial charge is 0.439 e. The molecule has 0 bridgehead atoms. The van der Waals surface area contributed by atoms with Crippen molar-refractivity contribution in [2.75, 3.05) is 32.5 Å². The van der Waals surface area contributed by atoms with Crippen molar-refractivity contribution in [1.82, 2.24) is 14.8 Å². The van der Waals surface area contributed by atoms with Gasteiger partial charge in [-0.3, -0.25) is 0 Å². The molecule has 1 N–H and O–H groups in total. The minimum absolute atomic E-state index is 0.160. The first-order valence-electron chi connectivity index (χ1n) is 9.54. The molecule has 3 rings (SSSR count). The monoisotopic (exact) mass is 390 g/mol. The highest BCUT2D eigenvalue weighted by Gasteiger charge is 2.15. The van der Waals surface area contributed by atoms with Gasteiger partial charge in [-0.25, -0.2) is 9.78 Å². The van der Waals surface area contributed by atoms with E-state index >= 15 is 0 Å². The number of benzene rings is 2. The number of hydrogen-bond acceptors (Lipinski definition) is 4. The van der Waals surface area contributed by atoms with Gasteiger partial charge in [0.15, 0.2) is 0 Å². The van der Waals surface area contributed by atoms with Crippen LogP contribution in [0.2, 0.25) is 0 Å². The molecule has 2 aromatic carbocycles. The lowest BCUT2D eigenvalue weighted by Crippen LogP contribution is -2.39. The minimum Gasteiger partial charge on any atom is -0.439 e. The molecule has 0 saturated heterocycles. The van der Waals surface area contributed by atoms with Gasteiger partial charge >= 0.3 is 6.03 Å². The molecule has 150 valence electrons. The highest BCUT2D eigenvalue weighted by atomic mass is 16.5. The summed E-state index contributed by atoms with van der Waals surface area (Å²) >= 11 is 0. The standard InChI is InChI=1S/C23H26N4O2/c1-26(2)15-16-27(18-19-9-5-3-6-10-19)23(28)25-20-13-14-24-22(17-20)29-21-11-7-4-8-12-21/h3-14,17H,15-16,18H2,1-2H3,(H,24,25,28). The molecule has 6 nitrogen and oxygen atoms in total. The van der Waals surface area contributed by atoms with Gasteiger partial charge in [0.25, 0.3) is 0 Å². The third kappa shape index (κ3) is 6.62. The number of rotatable bonds is 8. The summed E-state index contributed by atoms with van der Waals surface area (Å²) in [6.07, 6.45) is 1.62. The second-order valence-electron chi connectivity index (χ2n) is 6.94. The van der Waals surface area contributed by atoms with E-state index in [1.165, 1.54) is 0 Å². The Labute approximate surface area is 171 Å². The lowest BCUT2D eigenvalue weighted by Gasteiger charge is -2.25. The van der Waals surface area contributed by atoms with Crippen LogP contribution in [0.25, 0.3) is 0 Å². The van der Waals surface area contributed by atoms with Crippen molar-refractivity contribution in [1.29, 1.82) is 0 Å². The number of urea groups is 1. The molecule has 29 heavy (non-hydrogen) atoms. The van der Waals surface area contributed by atoms with Crippen LogP contribution in [0.4, 0.5) is 10.5 Å². The van der Waals surface area contributed by atoms with Crippen LogP contribution in [0.3, 0.4) is 0 Å². The van der Waals surface area contributed by atoms with Crippen LogP contribution in [0.5, 0.6) is 11.6 Å². The molecule has 1 aromatic heterocycles. The van der Waals surface area contributed by atoms with E-state index in [0.717, 1.165) is 12.1 Å². The smallest absolute Gasteiger partial charge is 0.322 e. The Bertz CT molecular complexity index is 901. The number of likely N-dealkylation sites (N-methyl/N-ethyl adjacent to an activating group) is 1. The molecule has 0 unspecified atom stereocenters. The number of carbonyl (C=O) groups excluding carboxylic acids is 1. The van der Waals surface area contributed by atoms with E-state index in [1.807, 2.05) is 74.8 Å². The molecular weight excluding hydrogens is 364 g/mol. The molecule has 6 heteroatoms. The lowest BCUT2D eigenvalue weighted by atomic mass is 10.2. The van der Waals surface area contributed by atoms with Gasteiger partial charge in [-0.2, -0.15) is 0 Å². The molecule has 3 aromatic rings. The summed E-state index contributed by atoms with van der Waals surface area (Å²) in [5, 5.41) is 2.96. The van der Waals surface area contributed by atoms with Crippen molar-refractivity contribution < 1.29 is 9.53 Å². The highest BCUT2D eigenvalue weighted by molar-refractivity contribution is 5.89. The zero-order chi connectivity index (χ0) is 20.5. The molecule has 0 saturated carbocycles. The normalized spacial score (nSPS) is 10.6. The number of nitrogens with one attached hydrogen (secondary N) is 1. The first kappa shape index (κ1) is 20.4. The molecule has 0 spiro atoms. The maximum absolute atomic E-state index is 12.9. The van der Waals surface area contributed by atoms with E-state index in [1.54, 1.807) is 23.2 Å². The highest BCUT2D eigenvalue weighted by Crippen LogP contribution is 2.21. The summed E-state index contributed by atoms with van der Waals surface area (Å²) in [7, 11) is 3.99. The number of hydrogen-bond donors (Lipinski definition) is 1. The first-order chi connectivity index (χ1) is 14.1. The molecule has 0 radical (unpaired) electrons. The van der Waals surface area contributed by atoms with Gasteiger partial charge in [-0.15, -0.1) is 0 Å². The summed E-state index contributed by atoms with van der Waals surface area (Å²) in [5.41, 5.74) is 1.73. The summed E-state index contributed by atoms with van der Waals surface area (Å²) in [6, 6.07) is 22.7. The zero-order valence-corrected chi connectivity index (χ0v) is 16.8. The van der Waals surface area contributed by atoms with E-state index in [2.05, 4.69) is 15.2 Å². The van der Waals surface area contributed by atoms with Crippen LogP contribution in [0, 0.1) is 0 Å². The molecule has 0 aliphatic carbocycles. The van der Waals surface area contributed by atoms with E-state index in [0.29, 0.717) is 30.4 Å². The summed E-state index contributed by atoms with van der Waals surface area (Å²) < 4.78 is 5.75. The Morgan fingerprint density at radius 2 is 1.66 bits per heavy atom. The fourth-order valence-corrected chi connectivity index (χ4v) is 2.73. The van der Waals surface area contributed by atoms with Gasteiger partial charge in [0.05, 0.1) is 0 Å². The minimum atomic E-state index is -0.160. The van der Waals surface area contributed by atoms with Gasteiger partial charge in [0.1, 0.15) is 5.75 Å². The number of ether oxygens (including phenoxy) is 1. The maximum atomic E-state index is 12.9. The van der Waals surface area contributed by atoms with Crippen molar-refractivity contribution >= 4 is 11.7 Å². The molecule has 2 amide bonds. The molecule has 0 aliphatic rings. The predicted molar refractivity (Wildman–Crippen MR) is 115 cm³/mol. The molecular formula is C23H26N4O2. The van der Waals surface area contributed by atoms with Crippen LogP contribution in [0.1, 0.15) is 5.56 Å². The molecule has 0 fully saturated rings. The lowest BCUT2D eigenvalue weighted by molar-refractivity contribution is 0.202. The number of carbonyl (C=O) groups is 1. The first-order valence-corrected chi connectivity index (χ1v) is 9.54. The number of pyridine rings is 1. The Balaban J connectivity index is 1.68. The predicted octanol–water partition coefficient (Wildman–Crippen LogP) is 4.47. The third-order valence-electron chi connectivity index (χ3n) is 4.27. The zero-order valence-electron chi connectivity index (χ0n) is 16.8. The van der Waals surface area contributed by atoms with E-state index in [9.17, 15) is 4.79 Å². The third-order valence-corrected chi connectivity index (χ3v) is 4.27. The SMILES string of the molecule is CN(C)CCN(Cc1ccccc1)C(=O)Nc1ccnc(Oc2ccccc2)c1. The van der Waals surface area contributed by atoms with Crippen LogP contribution >= 0.6 is 0 Å². The second kappa shape index (κ2) is 10.2. The van der Waals surface area contributed by atoms with Gasteiger partial charge < -0.3 is 19.9 Å². The van der Waals surface area contributed by atoms with Gasteiger partial charge in [0, 0.05) is 37.6 Å². The van der Waals surface area contributed by atoms with Crippen LogP contribution in [0.15, 0.2) is 79.0 Å². The van der Waals surface area contributed by atoms with Crippen molar-refractivity contribution in [2.45, 2.75) is 6.54 Å². The summed E-state index contributed by atoms with van der Waals surface area (Å²) in [4.78, 5) is 21.0. The van der Waals surface area contributed by atoms with Crippen LogP contribution < -0.4 is 10.1 Å². The number of amides is 2. The topological polar surface area (TPSA) is 57.7 Å². The Morgan fingerprint density at radius 1 is 0.966 bits per heavy atom.